The Balaban J connectivity index is 1.03. The number of primary amides is 1. The van der Waals surface area contributed by atoms with Crippen LogP contribution < -0.4 is 31.9 Å². The number of nitrogens with one attached hydrogen (secondary N) is 4. The van der Waals surface area contributed by atoms with E-state index in [4.69, 9.17) is 40.1 Å². The van der Waals surface area contributed by atoms with Crippen molar-refractivity contribution in [3.63, 3.8) is 0 Å². The molecule has 32 heteroatoms. The lowest BCUT2D eigenvalue weighted by molar-refractivity contribution is -0.143. The van der Waals surface area contributed by atoms with Crippen LogP contribution in [-0.2, 0) is 35.3 Å². The SMILES string of the molecule is COCc1sc2nc1C(=O)NCC(=O)N[C@@H]([C@@H](O)c1ccccc1)c1nc(cs1)-c1nc(cs1)-c1nc(-c3nc(N(CCCCC(=O)O)C(=O)OC4CCC(C(=O)O)CC4)cs3)ccc1-c1nc(cs1)C(=O)N[C@@H](CC(N)=O)c1nc(C)c(s1)C(=O)N[C@H]2C(C)C. The largest absolute Gasteiger partial charge is 0.481 e. The number of carbonyl (C=O) groups excluding carboxylic acids is 6. The van der Waals surface area contributed by atoms with Gasteiger partial charge in [-0.15, -0.1) is 68.0 Å². The second-order valence-corrected chi connectivity index (χ2v) is 27.3. The van der Waals surface area contributed by atoms with Gasteiger partial charge in [0.15, 0.2) is 0 Å². The Bertz CT molecular complexity index is 4000. The average Bonchev–Trinajstić information content (AvgIpc) is 1.72. The van der Waals surface area contributed by atoms with Gasteiger partial charge in [0, 0.05) is 47.2 Å². The van der Waals surface area contributed by atoms with Crippen molar-refractivity contribution < 1.29 is 63.1 Å². The van der Waals surface area contributed by atoms with Crippen molar-refractivity contribution in [2.45, 2.75) is 109 Å². The number of fused-ring (bicyclic) bond motifs is 14. The minimum absolute atomic E-state index is 0.0167. The molecular formula is C59H61N13O13S6. The Morgan fingerprint density at radius 1 is 0.703 bits per heavy atom. The van der Waals surface area contributed by atoms with Gasteiger partial charge >= 0.3 is 18.0 Å². The van der Waals surface area contributed by atoms with Crippen molar-refractivity contribution in [3.05, 3.63) is 111 Å². The monoisotopic (exact) mass is 1350 g/mol. The maximum absolute atomic E-state index is 14.3. The fourth-order valence-electron chi connectivity index (χ4n) is 10.1. The Hall–Kier alpha value is -8.37. The van der Waals surface area contributed by atoms with E-state index < -0.39 is 90.4 Å². The summed E-state index contributed by atoms with van der Waals surface area (Å²) >= 11 is 6.80. The number of aryl methyl sites for hydroxylation is 1. The number of aliphatic hydroxyl groups is 1. The number of rotatable bonds is 16. The van der Waals surface area contributed by atoms with E-state index in [2.05, 4.69) is 31.2 Å². The molecule has 1 aliphatic carbocycles. The summed E-state index contributed by atoms with van der Waals surface area (Å²) in [7, 11) is 1.46. The Labute approximate surface area is 543 Å². The predicted octanol–water partition coefficient (Wildman–Crippen LogP) is 8.89. The lowest BCUT2D eigenvalue weighted by atomic mass is 9.87. The normalized spacial score (nSPS) is 18.5. The number of amides is 6. The molecule has 0 unspecified atom stereocenters. The Kier molecular flexibility index (Phi) is 21.1. The first-order valence-corrected chi connectivity index (χ1v) is 33.8. The fraction of sp³-hybridized carbons (Fsp3) is 0.373. The summed E-state index contributed by atoms with van der Waals surface area (Å²) in [5.41, 5.74) is 8.29. The third-order valence-electron chi connectivity index (χ3n) is 14.8. The molecule has 26 nitrogen and oxygen atoms in total. The van der Waals surface area contributed by atoms with Crippen LogP contribution in [0.2, 0.25) is 0 Å². The molecule has 0 saturated heterocycles. The van der Waals surface area contributed by atoms with Crippen LogP contribution in [0.1, 0.15) is 151 Å². The molecule has 6 amide bonds. The number of hydrogen-bond acceptors (Lipinski definition) is 24. The summed E-state index contributed by atoms with van der Waals surface area (Å²) in [5, 5.41) is 51.0. The van der Waals surface area contributed by atoms with Crippen molar-refractivity contribution in [2.24, 2.45) is 17.6 Å². The number of hydrogen-bond donors (Lipinski definition) is 8. The van der Waals surface area contributed by atoms with Gasteiger partial charge in [-0.1, -0.05) is 44.2 Å². The number of carbonyl (C=O) groups is 8. The predicted molar refractivity (Wildman–Crippen MR) is 341 cm³/mol. The molecule has 10 bridgehead atoms. The first-order chi connectivity index (χ1) is 43.7. The summed E-state index contributed by atoms with van der Waals surface area (Å²) < 4.78 is 11.4. The molecule has 1 saturated carbocycles. The Morgan fingerprint density at radius 3 is 2.14 bits per heavy atom. The first-order valence-electron chi connectivity index (χ1n) is 28.6. The molecule has 4 atom stereocenters. The fourth-order valence-corrected chi connectivity index (χ4v) is 15.7. The number of methoxy groups -OCH3 is 1. The van der Waals surface area contributed by atoms with Crippen LogP contribution in [-0.4, -0.2) is 124 Å². The molecule has 1 aromatic carbocycles. The second kappa shape index (κ2) is 29.3. The summed E-state index contributed by atoms with van der Waals surface area (Å²) in [6.07, 6.45) is -1.07. The van der Waals surface area contributed by atoms with E-state index in [0.29, 0.717) is 102 Å². The molecule has 8 aromatic rings. The number of ether oxygens (including phenoxy) is 2. The van der Waals surface area contributed by atoms with Gasteiger partial charge in [0.05, 0.1) is 53.8 Å². The summed E-state index contributed by atoms with van der Waals surface area (Å²) in [4.78, 5) is 142. The zero-order valence-corrected chi connectivity index (χ0v) is 54.1. The number of pyridine rings is 1. The van der Waals surface area contributed by atoms with Gasteiger partial charge in [-0.05, 0) is 69.1 Å². The van der Waals surface area contributed by atoms with Crippen LogP contribution in [0.4, 0.5) is 10.6 Å². The number of aromatic nitrogens is 7. The summed E-state index contributed by atoms with van der Waals surface area (Å²) in [5.74, 6) is -5.80. The maximum atomic E-state index is 14.3. The highest BCUT2D eigenvalue weighted by atomic mass is 32.1. The van der Waals surface area contributed by atoms with Crippen LogP contribution in [0.15, 0.2) is 64.0 Å². The topological polar surface area (TPSA) is 383 Å². The zero-order valence-electron chi connectivity index (χ0n) is 49.2. The van der Waals surface area contributed by atoms with Crippen molar-refractivity contribution in [2.75, 3.05) is 25.1 Å². The highest BCUT2D eigenvalue weighted by molar-refractivity contribution is 7.15. The van der Waals surface area contributed by atoms with Crippen molar-refractivity contribution in [3.8, 4) is 43.4 Å². The zero-order chi connectivity index (χ0) is 64.6. The smallest absolute Gasteiger partial charge is 0.415 e. The van der Waals surface area contributed by atoms with Crippen molar-refractivity contribution in [1.29, 1.82) is 0 Å². The standard InChI is InChI=1S/C59H61N13O13S6/c1-27(2)43-57-71-45(38(90-57)22-84-4)50(79)61-21-41(74)69-46(47(77)29-10-6-5-7-11-29)56-67-37(25-88-56)54-65-35(23-87-54)44-32(52-66-36(24-86-52)49(78)64-34(20-39(60)73)55-62-28(3)48(91-55)51(80)70-43)17-18-33(63-44)53-68-40(26-89-53)72(19-9-8-12-42(75)76)59(83)85-31-15-13-30(14-16-31)58(81)82/h5-7,10-11,17-18,23-27,30-31,34,43,46-47,77H,8-9,12-16,19-22H2,1-4H3,(H2,60,73)(H,61,79)(H,64,78)(H,69,74)(H,70,80)(H,75,76)(H,81,82)/t30?,31?,34-,43-,46-,47-/m0/s1. The van der Waals surface area contributed by atoms with E-state index in [0.717, 1.165) is 45.3 Å². The molecule has 0 spiro atoms. The van der Waals surface area contributed by atoms with Gasteiger partial charge in [-0.2, -0.15) is 0 Å². The molecule has 9 N–H and O–H groups in total. The number of unbranched alkanes of at least 4 members (excludes halogenated alkanes) is 1. The molecule has 2 aliphatic rings. The third kappa shape index (κ3) is 15.7. The summed E-state index contributed by atoms with van der Waals surface area (Å²) in [6.45, 7) is 4.87. The van der Waals surface area contributed by atoms with Crippen LogP contribution in [0, 0.1) is 18.8 Å². The average molecular weight is 1350 g/mol. The van der Waals surface area contributed by atoms with Gasteiger partial charge < -0.3 is 51.8 Å². The number of benzene rings is 1. The number of anilines is 1. The minimum atomic E-state index is -1.31. The quantitative estimate of drug-likeness (QED) is 0.0418. The molecule has 476 valence electrons. The van der Waals surface area contributed by atoms with E-state index in [9.17, 15) is 53.7 Å². The molecule has 10 rings (SSSR count). The van der Waals surface area contributed by atoms with Crippen molar-refractivity contribution in [1.82, 2.24) is 56.2 Å². The van der Waals surface area contributed by atoms with Gasteiger partial charge in [0.25, 0.3) is 17.7 Å². The first kappa shape index (κ1) is 65.6. The maximum Gasteiger partial charge on any atom is 0.415 e. The van der Waals surface area contributed by atoms with Crippen molar-refractivity contribution >= 4 is 121 Å². The Morgan fingerprint density at radius 2 is 1.42 bits per heavy atom. The molecule has 0 radical (unpaired) electrons. The van der Waals surface area contributed by atoms with E-state index in [1.54, 1.807) is 65.5 Å². The van der Waals surface area contributed by atoms with E-state index >= 15 is 0 Å². The van der Waals surface area contributed by atoms with Gasteiger partial charge in [-0.25, -0.2) is 39.7 Å². The molecule has 1 fully saturated rings. The van der Waals surface area contributed by atoms with Gasteiger partial charge in [-0.3, -0.25) is 38.5 Å². The lowest BCUT2D eigenvalue weighted by Gasteiger charge is -2.28. The highest BCUT2D eigenvalue weighted by Crippen LogP contribution is 2.41. The number of aliphatic carboxylic acids is 2. The van der Waals surface area contributed by atoms with Gasteiger partial charge in [0.1, 0.15) is 87.5 Å². The van der Waals surface area contributed by atoms with E-state index in [1.165, 1.54) is 40.1 Å². The number of nitrogens with zero attached hydrogens (tertiary/aromatic N) is 8. The molecule has 91 heavy (non-hydrogen) atoms. The van der Waals surface area contributed by atoms with Crippen LogP contribution >= 0.6 is 68.0 Å². The molecule has 8 heterocycles. The second-order valence-electron chi connectivity index (χ2n) is 21.6. The molecule has 7 aromatic heterocycles. The number of thiazole rings is 6. The van der Waals surface area contributed by atoms with Crippen LogP contribution in [0.25, 0.3) is 43.4 Å². The van der Waals surface area contributed by atoms with E-state index in [-0.39, 0.29) is 65.4 Å². The van der Waals surface area contributed by atoms with Crippen LogP contribution in [0.3, 0.4) is 0 Å². The van der Waals surface area contributed by atoms with Crippen LogP contribution in [0.5, 0.6) is 0 Å². The number of nitrogens with two attached hydrogens (primary N) is 1. The molecular weight excluding hydrogens is 1290 g/mol. The minimum Gasteiger partial charge on any atom is -0.481 e. The lowest BCUT2D eigenvalue weighted by Crippen LogP contribution is -2.40. The van der Waals surface area contributed by atoms with Gasteiger partial charge in [0.2, 0.25) is 11.8 Å². The number of carboxylic acids is 2. The highest BCUT2D eigenvalue weighted by Gasteiger charge is 2.34. The third-order valence-corrected chi connectivity index (χ3v) is 20.7. The van der Waals surface area contributed by atoms with E-state index in [1.807, 2.05) is 13.8 Å². The molecule has 1 aliphatic heterocycles. The number of aliphatic hydroxyl groups excluding tert-OH is 1. The summed E-state index contributed by atoms with van der Waals surface area (Å²) in [6, 6.07) is 9.17. The number of carboxylic acid groups (broad SMARTS) is 2.